The lowest BCUT2D eigenvalue weighted by atomic mass is 10.0. The molecule has 9 heteroatoms. The van der Waals surface area contributed by atoms with Crippen LogP contribution in [0.4, 0.5) is 13.2 Å². The van der Waals surface area contributed by atoms with Gasteiger partial charge in [0.1, 0.15) is 13.7 Å². The van der Waals surface area contributed by atoms with E-state index in [4.69, 9.17) is 14.4 Å². The molecule has 0 spiro atoms. The Labute approximate surface area is 179 Å². The van der Waals surface area contributed by atoms with E-state index in [1.54, 1.807) is 24.3 Å². The zero-order chi connectivity index (χ0) is 23.4. The summed E-state index contributed by atoms with van der Waals surface area (Å²) in [5.74, 6) is -0.692. The smallest absolute Gasteiger partial charge is 0.416 e. The van der Waals surface area contributed by atoms with E-state index >= 15 is 0 Å². The second-order valence-electron chi connectivity index (χ2n) is 5.80. The molecule has 0 unspecified atom stereocenters. The van der Waals surface area contributed by atoms with Gasteiger partial charge < -0.3 is 14.4 Å². The molecular formula is C22H25F3N2O4. The molecule has 2 aromatic rings. The maximum atomic E-state index is 12.9. The number of ether oxygens (including phenoxy) is 1. The molecule has 0 saturated carbocycles. The molecule has 0 atom stereocenters. The van der Waals surface area contributed by atoms with Gasteiger partial charge in [-0.1, -0.05) is 60.6 Å². The Hall–Kier alpha value is -3.36. The number of nitrogens with zero attached hydrogens (tertiary/aromatic N) is 2. The molecule has 2 rings (SSSR count). The number of rotatable bonds is 7. The summed E-state index contributed by atoms with van der Waals surface area (Å²) >= 11 is 0. The number of oxime groups is 2. The van der Waals surface area contributed by atoms with Crippen molar-refractivity contribution in [2.45, 2.75) is 33.6 Å². The predicted octanol–water partition coefficient (Wildman–Crippen LogP) is 5.20. The number of alkyl halides is 3. The SMILES string of the molecule is CC.CO/N=C(\C(=O)OC)c1ccccc1CO/N=C(\C)c1cccc(C(F)(F)F)c1. The highest BCUT2D eigenvalue weighted by Crippen LogP contribution is 2.29. The highest BCUT2D eigenvalue weighted by atomic mass is 19.4. The molecule has 0 bridgehead atoms. The monoisotopic (exact) mass is 438 g/mol. The highest BCUT2D eigenvalue weighted by Gasteiger charge is 2.30. The van der Waals surface area contributed by atoms with Gasteiger partial charge in [-0.2, -0.15) is 13.2 Å². The van der Waals surface area contributed by atoms with Gasteiger partial charge in [0.15, 0.2) is 5.71 Å². The maximum absolute atomic E-state index is 12.9. The van der Waals surface area contributed by atoms with Gasteiger partial charge in [-0.15, -0.1) is 0 Å². The van der Waals surface area contributed by atoms with E-state index < -0.39 is 17.7 Å². The average Bonchev–Trinajstić information content (AvgIpc) is 2.78. The van der Waals surface area contributed by atoms with Crippen LogP contribution in [0.2, 0.25) is 0 Å². The topological polar surface area (TPSA) is 69.5 Å². The Morgan fingerprint density at radius 3 is 2.29 bits per heavy atom. The molecule has 0 N–H and O–H groups in total. The third-order valence-corrected chi connectivity index (χ3v) is 3.86. The van der Waals surface area contributed by atoms with Gasteiger partial charge in [0.2, 0.25) is 0 Å². The molecule has 0 heterocycles. The Bertz CT molecular complexity index is 925. The first kappa shape index (κ1) is 25.7. The van der Waals surface area contributed by atoms with Crippen LogP contribution in [0.25, 0.3) is 0 Å². The normalized spacial score (nSPS) is 11.9. The lowest BCUT2D eigenvalue weighted by Gasteiger charge is -2.10. The van der Waals surface area contributed by atoms with Crippen molar-refractivity contribution < 1.29 is 32.4 Å². The molecule has 31 heavy (non-hydrogen) atoms. The van der Waals surface area contributed by atoms with Crippen molar-refractivity contribution in [2.24, 2.45) is 10.3 Å². The van der Waals surface area contributed by atoms with Crippen molar-refractivity contribution in [3.8, 4) is 0 Å². The number of benzene rings is 2. The van der Waals surface area contributed by atoms with Crippen LogP contribution in [0, 0.1) is 0 Å². The average molecular weight is 438 g/mol. The van der Waals surface area contributed by atoms with Crippen LogP contribution in [-0.4, -0.2) is 31.6 Å². The van der Waals surface area contributed by atoms with Gasteiger partial charge in [0.25, 0.3) is 0 Å². The van der Waals surface area contributed by atoms with Gasteiger partial charge in [-0.05, 0) is 24.6 Å². The fraction of sp³-hybridized carbons (Fsp3) is 0.318. The van der Waals surface area contributed by atoms with E-state index in [9.17, 15) is 18.0 Å². The third kappa shape index (κ3) is 7.44. The summed E-state index contributed by atoms with van der Waals surface area (Å²) in [5.41, 5.74) is 0.722. The van der Waals surface area contributed by atoms with Crippen LogP contribution in [-0.2, 0) is 32.0 Å². The minimum atomic E-state index is -4.44. The molecule has 0 aliphatic heterocycles. The van der Waals surface area contributed by atoms with Gasteiger partial charge >= 0.3 is 12.1 Å². The molecule has 0 aliphatic rings. The molecule has 0 saturated heterocycles. The number of methoxy groups -OCH3 is 1. The fourth-order valence-electron chi connectivity index (χ4n) is 2.43. The van der Waals surface area contributed by atoms with Crippen LogP contribution in [0.1, 0.15) is 43.0 Å². The molecular weight excluding hydrogens is 413 g/mol. The molecule has 0 aliphatic carbocycles. The van der Waals surface area contributed by atoms with E-state index in [0.717, 1.165) is 12.1 Å². The van der Waals surface area contributed by atoms with Crippen molar-refractivity contribution in [3.63, 3.8) is 0 Å². The molecule has 6 nitrogen and oxygen atoms in total. The van der Waals surface area contributed by atoms with Gasteiger partial charge in [0.05, 0.1) is 18.4 Å². The number of hydrogen-bond donors (Lipinski definition) is 0. The Morgan fingerprint density at radius 2 is 1.68 bits per heavy atom. The summed E-state index contributed by atoms with van der Waals surface area (Å²) in [4.78, 5) is 21.9. The van der Waals surface area contributed by atoms with Crippen LogP contribution >= 0.6 is 0 Å². The van der Waals surface area contributed by atoms with Crippen molar-refractivity contribution in [2.75, 3.05) is 14.2 Å². The molecule has 2 aromatic carbocycles. The zero-order valence-electron chi connectivity index (χ0n) is 18.0. The first-order valence-electron chi connectivity index (χ1n) is 9.39. The molecule has 0 amide bonds. The van der Waals surface area contributed by atoms with Crippen molar-refractivity contribution >= 4 is 17.4 Å². The fourth-order valence-corrected chi connectivity index (χ4v) is 2.43. The predicted molar refractivity (Wildman–Crippen MR) is 112 cm³/mol. The summed E-state index contributed by atoms with van der Waals surface area (Å²) in [7, 11) is 2.51. The van der Waals surface area contributed by atoms with E-state index in [1.807, 2.05) is 13.8 Å². The molecule has 0 aromatic heterocycles. The standard InChI is InChI=1S/C20H19F3N2O4.C2H6/c1-13(14-8-6-9-16(11-14)20(21,22)23)24-29-12-15-7-4-5-10-17(15)18(25-28-3)19(26)27-2;1-2/h4-11H,12H2,1-3H3;1-2H3/b24-13+,25-18-;. The number of hydrogen-bond acceptors (Lipinski definition) is 6. The van der Waals surface area contributed by atoms with Crippen molar-refractivity contribution in [3.05, 3.63) is 70.8 Å². The number of carbonyl (C=O) groups is 1. The lowest BCUT2D eigenvalue weighted by molar-refractivity contribution is -0.137. The van der Waals surface area contributed by atoms with E-state index in [1.165, 1.54) is 33.3 Å². The van der Waals surface area contributed by atoms with Crippen LogP contribution in [0.15, 0.2) is 58.8 Å². The second kappa shape index (κ2) is 12.4. The van der Waals surface area contributed by atoms with Crippen molar-refractivity contribution in [1.82, 2.24) is 0 Å². The Morgan fingerprint density at radius 1 is 1.00 bits per heavy atom. The summed E-state index contributed by atoms with van der Waals surface area (Å²) in [5, 5.41) is 7.58. The number of carbonyl (C=O) groups excluding carboxylic acids is 1. The third-order valence-electron chi connectivity index (χ3n) is 3.86. The van der Waals surface area contributed by atoms with Crippen molar-refractivity contribution in [1.29, 1.82) is 0 Å². The Balaban J connectivity index is 0.00000233. The molecule has 0 fully saturated rings. The first-order valence-corrected chi connectivity index (χ1v) is 9.39. The maximum Gasteiger partial charge on any atom is 0.416 e. The lowest BCUT2D eigenvalue weighted by Crippen LogP contribution is -2.19. The summed E-state index contributed by atoms with van der Waals surface area (Å²) < 4.78 is 43.3. The van der Waals surface area contributed by atoms with Gasteiger partial charge in [0, 0.05) is 11.1 Å². The van der Waals surface area contributed by atoms with Gasteiger partial charge in [-0.25, -0.2) is 4.79 Å². The second-order valence-corrected chi connectivity index (χ2v) is 5.80. The zero-order valence-corrected chi connectivity index (χ0v) is 18.0. The van der Waals surface area contributed by atoms with Crippen LogP contribution in [0.5, 0.6) is 0 Å². The number of esters is 1. The van der Waals surface area contributed by atoms with Crippen LogP contribution < -0.4 is 0 Å². The minimum Gasteiger partial charge on any atom is -0.464 e. The Kier molecular flexibility index (Phi) is 10.2. The van der Waals surface area contributed by atoms with E-state index in [2.05, 4.69) is 10.3 Å². The molecule has 0 radical (unpaired) electrons. The largest absolute Gasteiger partial charge is 0.464 e. The van der Waals surface area contributed by atoms with E-state index in [-0.39, 0.29) is 23.6 Å². The quantitative estimate of drug-likeness (QED) is 0.339. The minimum absolute atomic E-state index is 0.0484. The summed E-state index contributed by atoms with van der Waals surface area (Å²) in [6.45, 7) is 5.49. The molecule has 168 valence electrons. The summed E-state index contributed by atoms with van der Waals surface area (Å²) in [6, 6.07) is 11.5. The first-order chi connectivity index (χ1) is 14.8. The van der Waals surface area contributed by atoms with Gasteiger partial charge in [-0.3, -0.25) is 0 Å². The highest BCUT2D eigenvalue weighted by molar-refractivity contribution is 6.43. The van der Waals surface area contributed by atoms with Crippen LogP contribution in [0.3, 0.4) is 0 Å². The summed E-state index contributed by atoms with van der Waals surface area (Å²) in [6.07, 6.45) is -4.44. The van der Waals surface area contributed by atoms with E-state index in [0.29, 0.717) is 11.1 Å². The number of halogens is 3.